The Bertz CT molecular complexity index is 322. The molecule has 1 aliphatic rings. The maximum atomic E-state index is 5.57. The molecule has 0 aromatic carbocycles. The second-order valence-electron chi connectivity index (χ2n) is 4.28. The first-order chi connectivity index (χ1) is 7.29. The van der Waals surface area contributed by atoms with Crippen LogP contribution in [0, 0.1) is 12.8 Å². The van der Waals surface area contributed by atoms with Crippen LogP contribution in [0.4, 0.5) is 0 Å². The number of nitrogens with one attached hydrogen (secondary N) is 1. The van der Waals surface area contributed by atoms with Crippen molar-refractivity contribution in [2.24, 2.45) is 11.8 Å². The van der Waals surface area contributed by atoms with Crippen LogP contribution in [0.15, 0.2) is 12.3 Å². The summed E-state index contributed by atoms with van der Waals surface area (Å²) < 4.78 is 0. The van der Waals surface area contributed by atoms with Gasteiger partial charge in [0.1, 0.15) is 5.82 Å². The Morgan fingerprint density at radius 2 is 2.40 bits per heavy atom. The highest BCUT2D eigenvalue weighted by Gasteiger charge is 2.23. The largest absolute Gasteiger partial charge is 0.271 e. The molecule has 1 aromatic rings. The lowest BCUT2D eigenvalue weighted by atomic mass is 9.80. The standard InChI is InChI=1S/C11H18N4/c1-8-13-6-5-10(14-8)11(15-12)7-9-3-2-4-9/h5-6,9,11,15H,2-4,7,12H2,1H3. The van der Waals surface area contributed by atoms with Crippen molar-refractivity contribution in [3.63, 3.8) is 0 Å². The number of nitrogens with two attached hydrogens (primary N) is 1. The summed E-state index contributed by atoms with van der Waals surface area (Å²) in [6.45, 7) is 1.90. The molecule has 82 valence electrons. The average Bonchev–Trinajstić information content (AvgIpc) is 2.16. The van der Waals surface area contributed by atoms with Gasteiger partial charge in [-0.1, -0.05) is 19.3 Å². The number of aromatic nitrogens is 2. The van der Waals surface area contributed by atoms with Gasteiger partial charge in [0.25, 0.3) is 0 Å². The van der Waals surface area contributed by atoms with Gasteiger partial charge in [-0.2, -0.15) is 0 Å². The van der Waals surface area contributed by atoms with Gasteiger partial charge in [-0.25, -0.2) is 9.97 Å². The number of hydrazine groups is 1. The predicted octanol–water partition coefficient (Wildman–Crippen LogP) is 1.48. The minimum absolute atomic E-state index is 0.178. The normalized spacial score (nSPS) is 18.5. The molecule has 1 aromatic heterocycles. The van der Waals surface area contributed by atoms with Crippen LogP contribution in [-0.4, -0.2) is 9.97 Å². The monoisotopic (exact) mass is 206 g/mol. The minimum atomic E-state index is 0.178. The third kappa shape index (κ3) is 2.52. The zero-order chi connectivity index (χ0) is 10.7. The van der Waals surface area contributed by atoms with Gasteiger partial charge < -0.3 is 0 Å². The number of nitrogens with zero attached hydrogens (tertiary/aromatic N) is 2. The van der Waals surface area contributed by atoms with Crippen molar-refractivity contribution in [2.75, 3.05) is 0 Å². The molecule has 0 spiro atoms. The number of hydrogen-bond acceptors (Lipinski definition) is 4. The Kier molecular flexibility index (Phi) is 3.28. The van der Waals surface area contributed by atoms with Crippen molar-refractivity contribution >= 4 is 0 Å². The lowest BCUT2D eigenvalue weighted by Crippen LogP contribution is -2.31. The Labute approximate surface area is 90.3 Å². The van der Waals surface area contributed by atoms with Crippen molar-refractivity contribution in [2.45, 2.75) is 38.6 Å². The van der Waals surface area contributed by atoms with Crippen molar-refractivity contribution in [1.29, 1.82) is 0 Å². The second kappa shape index (κ2) is 4.68. The van der Waals surface area contributed by atoms with E-state index >= 15 is 0 Å². The summed E-state index contributed by atoms with van der Waals surface area (Å²) in [5.74, 6) is 7.20. The average molecular weight is 206 g/mol. The van der Waals surface area contributed by atoms with Crippen molar-refractivity contribution < 1.29 is 0 Å². The van der Waals surface area contributed by atoms with Gasteiger partial charge in [0.2, 0.25) is 0 Å². The fourth-order valence-corrected chi connectivity index (χ4v) is 2.00. The Hall–Kier alpha value is -1.00. The molecule has 0 bridgehead atoms. The first-order valence-electron chi connectivity index (χ1n) is 5.55. The fraction of sp³-hybridized carbons (Fsp3) is 0.636. The number of aryl methyl sites for hydroxylation is 1. The lowest BCUT2D eigenvalue weighted by Gasteiger charge is -2.29. The third-order valence-electron chi connectivity index (χ3n) is 3.15. The summed E-state index contributed by atoms with van der Waals surface area (Å²) in [4.78, 5) is 8.49. The quantitative estimate of drug-likeness (QED) is 0.578. The van der Waals surface area contributed by atoms with E-state index in [4.69, 9.17) is 5.84 Å². The maximum absolute atomic E-state index is 5.57. The van der Waals surface area contributed by atoms with E-state index in [1.54, 1.807) is 6.20 Å². The van der Waals surface area contributed by atoms with Gasteiger partial charge in [-0.3, -0.25) is 11.3 Å². The maximum Gasteiger partial charge on any atom is 0.125 e. The fourth-order valence-electron chi connectivity index (χ4n) is 2.00. The smallest absolute Gasteiger partial charge is 0.125 e. The molecule has 1 aliphatic carbocycles. The molecule has 1 heterocycles. The Balaban J connectivity index is 2.04. The summed E-state index contributed by atoms with van der Waals surface area (Å²) in [5, 5.41) is 0. The molecule has 4 heteroatoms. The van der Waals surface area contributed by atoms with Crippen LogP contribution >= 0.6 is 0 Å². The van der Waals surface area contributed by atoms with E-state index < -0.39 is 0 Å². The van der Waals surface area contributed by atoms with Gasteiger partial charge in [0, 0.05) is 6.20 Å². The van der Waals surface area contributed by atoms with Crippen LogP contribution < -0.4 is 11.3 Å². The molecule has 1 fully saturated rings. The topological polar surface area (TPSA) is 63.8 Å². The summed E-state index contributed by atoms with van der Waals surface area (Å²) in [5.41, 5.74) is 3.87. The van der Waals surface area contributed by atoms with E-state index in [1.165, 1.54) is 19.3 Å². The molecule has 0 amide bonds. The molecule has 15 heavy (non-hydrogen) atoms. The molecule has 3 N–H and O–H groups in total. The SMILES string of the molecule is Cc1nccc(C(CC2CCC2)NN)n1. The molecule has 0 radical (unpaired) electrons. The zero-order valence-electron chi connectivity index (χ0n) is 9.11. The first-order valence-corrected chi connectivity index (χ1v) is 5.55. The second-order valence-corrected chi connectivity index (χ2v) is 4.28. The van der Waals surface area contributed by atoms with Crippen LogP contribution in [0.25, 0.3) is 0 Å². The third-order valence-corrected chi connectivity index (χ3v) is 3.15. The van der Waals surface area contributed by atoms with Crippen LogP contribution in [0.1, 0.15) is 43.2 Å². The highest BCUT2D eigenvalue weighted by Crippen LogP contribution is 2.33. The van der Waals surface area contributed by atoms with Gasteiger partial charge in [-0.15, -0.1) is 0 Å². The van der Waals surface area contributed by atoms with E-state index in [9.17, 15) is 0 Å². The molecular formula is C11H18N4. The van der Waals surface area contributed by atoms with Crippen LogP contribution in [0.2, 0.25) is 0 Å². The molecular weight excluding hydrogens is 188 g/mol. The zero-order valence-corrected chi connectivity index (χ0v) is 9.11. The van der Waals surface area contributed by atoms with Crippen LogP contribution in [-0.2, 0) is 0 Å². The van der Waals surface area contributed by atoms with E-state index in [1.807, 2.05) is 13.0 Å². The summed E-state index contributed by atoms with van der Waals surface area (Å²) in [6, 6.07) is 2.12. The van der Waals surface area contributed by atoms with Gasteiger partial charge in [0.15, 0.2) is 0 Å². The number of hydrogen-bond donors (Lipinski definition) is 2. The van der Waals surface area contributed by atoms with Crippen molar-refractivity contribution in [1.82, 2.24) is 15.4 Å². The highest BCUT2D eigenvalue weighted by molar-refractivity contribution is 5.07. The van der Waals surface area contributed by atoms with E-state index in [-0.39, 0.29) is 6.04 Å². The Morgan fingerprint density at radius 1 is 1.60 bits per heavy atom. The van der Waals surface area contributed by atoms with Crippen molar-refractivity contribution in [3.05, 3.63) is 23.8 Å². The van der Waals surface area contributed by atoms with Gasteiger partial charge in [0.05, 0.1) is 11.7 Å². The lowest BCUT2D eigenvalue weighted by molar-refractivity contribution is 0.260. The predicted molar refractivity (Wildman–Crippen MR) is 58.8 cm³/mol. The van der Waals surface area contributed by atoms with E-state index in [0.717, 1.165) is 23.9 Å². The minimum Gasteiger partial charge on any atom is -0.271 e. The summed E-state index contributed by atoms with van der Waals surface area (Å²) in [6.07, 6.45) is 6.92. The first kappa shape index (κ1) is 10.5. The van der Waals surface area contributed by atoms with Gasteiger partial charge >= 0.3 is 0 Å². The number of rotatable bonds is 4. The molecule has 1 unspecified atom stereocenters. The van der Waals surface area contributed by atoms with Gasteiger partial charge in [-0.05, 0) is 25.3 Å². The van der Waals surface area contributed by atoms with E-state index in [2.05, 4.69) is 15.4 Å². The highest BCUT2D eigenvalue weighted by atomic mass is 15.2. The van der Waals surface area contributed by atoms with Crippen LogP contribution in [0.5, 0.6) is 0 Å². The molecule has 2 rings (SSSR count). The Morgan fingerprint density at radius 3 is 2.93 bits per heavy atom. The summed E-state index contributed by atoms with van der Waals surface area (Å²) in [7, 11) is 0. The molecule has 0 aliphatic heterocycles. The molecule has 1 atom stereocenters. The van der Waals surface area contributed by atoms with E-state index in [0.29, 0.717) is 0 Å². The molecule has 1 saturated carbocycles. The molecule has 0 saturated heterocycles. The van der Waals surface area contributed by atoms with Crippen molar-refractivity contribution in [3.8, 4) is 0 Å². The van der Waals surface area contributed by atoms with Crippen LogP contribution in [0.3, 0.4) is 0 Å². The summed E-state index contributed by atoms with van der Waals surface area (Å²) >= 11 is 0. The molecule has 4 nitrogen and oxygen atoms in total.